The van der Waals surface area contributed by atoms with Gasteiger partial charge in [-0.1, -0.05) is 62.4 Å². The van der Waals surface area contributed by atoms with Gasteiger partial charge in [0.25, 0.3) is 5.91 Å². The van der Waals surface area contributed by atoms with E-state index in [2.05, 4.69) is 36.4 Å². The van der Waals surface area contributed by atoms with Gasteiger partial charge >= 0.3 is 0 Å². The lowest BCUT2D eigenvalue weighted by Gasteiger charge is -2.09. The molecule has 0 saturated carbocycles. The van der Waals surface area contributed by atoms with E-state index in [0.29, 0.717) is 28.1 Å². The van der Waals surface area contributed by atoms with Crippen LogP contribution in [0.5, 0.6) is 0 Å². The Morgan fingerprint density at radius 1 is 1.00 bits per heavy atom. The number of nitrogens with zero attached hydrogens (tertiary/aromatic N) is 4. The number of nitrogens with one attached hydrogen (secondary N) is 1. The Bertz CT molecular complexity index is 1630. The molecule has 5 rings (SSSR count). The molecule has 0 atom stereocenters. The second-order valence-corrected chi connectivity index (χ2v) is 9.30. The van der Waals surface area contributed by atoms with Crippen LogP contribution in [-0.4, -0.2) is 26.8 Å². The molecule has 0 bridgehead atoms. The van der Waals surface area contributed by atoms with Crippen molar-refractivity contribution in [3.8, 4) is 0 Å². The zero-order valence-electron chi connectivity index (χ0n) is 20.8. The number of carbonyl (C=O) groups is 1. The highest BCUT2D eigenvalue weighted by atomic mass is 16.1. The minimum Gasteiger partial charge on any atom is -0.383 e. The Morgan fingerprint density at radius 2 is 1.69 bits per heavy atom. The highest BCUT2D eigenvalue weighted by molar-refractivity contribution is 6.16. The number of benzene rings is 3. The number of nitrogen functional groups attached to an aromatic ring is 1. The summed E-state index contributed by atoms with van der Waals surface area (Å²) in [5, 5.41) is 7.61. The van der Waals surface area contributed by atoms with Gasteiger partial charge in [-0.05, 0) is 60.2 Å². The lowest BCUT2D eigenvalue weighted by molar-refractivity contribution is 0.102. The summed E-state index contributed by atoms with van der Waals surface area (Å²) in [5.74, 6) is 0.269. The predicted octanol–water partition coefficient (Wildman–Crippen LogP) is 6.04. The number of hydrogen-bond acceptors (Lipinski definition) is 5. The molecule has 36 heavy (non-hydrogen) atoms. The molecular weight excluding hydrogens is 448 g/mol. The Kier molecular flexibility index (Phi) is 5.98. The molecule has 0 aliphatic rings. The van der Waals surface area contributed by atoms with Crippen LogP contribution in [0, 0.1) is 13.8 Å². The van der Waals surface area contributed by atoms with E-state index in [4.69, 9.17) is 15.7 Å². The third-order valence-corrected chi connectivity index (χ3v) is 6.27. The number of aryl methyl sites for hydroxylation is 2. The van der Waals surface area contributed by atoms with Crippen molar-refractivity contribution < 1.29 is 4.79 Å². The Hall–Kier alpha value is -4.52. The molecule has 2 aromatic heterocycles. The van der Waals surface area contributed by atoms with Crippen molar-refractivity contribution in [1.82, 2.24) is 14.6 Å². The molecule has 7 nitrogen and oxygen atoms in total. The van der Waals surface area contributed by atoms with E-state index in [1.807, 2.05) is 68.4 Å². The minimum absolute atomic E-state index is 0.179. The molecule has 0 radical (unpaired) electrons. The number of aromatic nitrogens is 3. The third kappa shape index (κ3) is 4.31. The average molecular weight is 477 g/mol. The van der Waals surface area contributed by atoms with Crippen LogP contribution in [0.15, 0.2) is 71.8 Å². The highest BCUT2D eigenvalue weighted by Crippen LogP contribution is 2.29. The van der Waals surface area contributed by atoms with Gasteiger partial charge in [0.15, 0.2) is 5.65 Å². The van der Waals surface area contributed by atoms with E-state index in [0.717, 1.165) is 22.4 Å². The van der Waals surface area contributed by atoms with Crippen LogP contribution in [0.2, 0.25) is 0 Å². The van der Waals surface area contributed by atoms with Crippen LogP contribution in [0.25, 0.3) is 22.2 Å². The highest BCUT2D eigenvalue weighted by Gasteiger charge is 2.24. The molecule has 0 fully saturated rings. The van der Waals surface area contributed by atoms with E-state index in [9.17, 15) is 4.79 Å². The van der Waals surface area contributed by atoms with Crippen molar-refractivity contribution in [2.24, 2.45) is 5.10 Å². The molecule has 0 spiro atoms. The van der Waals surface area contributed by atoms with Crippen molar-refractivity contribution in [2.45, 2.75) is 33.6 Å². The van der Waals surface area contributed by atoms with Gasteiger partial charge in [-0.25, -0.2) is 9.97 Å². The SMILES string of the molecule is Cc1ccc(C)c(NC(=O)c2c(N)n(/N=C\c3ccc(C(C)C)cc3)c3nc4ccccc4nc23)c1. The second kappa shape index (κ2) is 9.26. The Balaban J connectivity index is 1.63. The number of rotatable bonds is 5. The molecule has 3 N–H and O–H groups in total. The molecular formula is C29H28N6O. The molecule has 0 aliphatic heterocycles. The van der Waals surface area contributed by atoms with Crippen molar-refractivity contribution in [1.29, 1.82) is 0 Å². The number of carbonyl (C=O) groups excluding carboxylic acids is 1. The standard InChI is InChI=1S/C29H28N6O/c1-17(2)21-13-11-20(12-14-21)16-31-35-27(30)25(29(36)34-24-15-18(3)9-10-19(24)4)26-28(35)33-23-8-6-5-7-22(23)32-26/h5-17H,30H2,1-4H3,(H,34,36)/b31-16-. The van der Waals surface area contributed by atoms with Crippen molar-refractivity contribution in [2.75, 3.05) is 11.1 Å². The molecule has 0 unspecified atom stereocenters. The summed E-state index contributed by atoms with van der Waals surface area (Å²) in [5.41, 5.74) is 13.9. The predicted molar refractivity (Wildman–Crippen MR) is 147 cm³/mol. The number of nitrogens with two attached hydrogens (primary N) is 1. The largest absolute Gasteiger partial charge is 0.383 e. The number of amides is 1. The Labute approximate surface area is 209 Å². The monoisotopic (exact) mass is 476 g/mol. The van der Waals surface area contributed by atoms with Gasteiger partial charge in [-0.3, -0.25) is 4.79 Å². The summed E-state index contributed by atoms with van der Waals surface area (Å²) < 4.78 is 1.49. The summed E-state index contributed by atoms with van der Waals surface area (Å²) in [4.78, 5) is 23.0. The third-order valence-electron chi connectivity index (χ3n) is 6.27. The van der Waals surface area contributed by atoms with E-state index in [1.165, 1.54) is 10.2 Å². The first-order chi connectivity index (χ1) is 17.3. The van der Waals surface area contributed by atoms with Gasteiger partial charge in [0.05, 0.1) is 17.2 Å². The molecule has 1 amide bonds. The van der Waals surface area contributed by atoms with Crippen LogP contribution < -0.4 is 11.1 Å². The first-order valence-electron chi connectivity index (χ1n) is 11.9. The maximum atomic E-state index is 13.5. The lowest BCUT2D eigenvalue weighted by atomic mass is 10.0. The number of anilines is 2. The fourth-order valence-electron chi connectivity index (χ4n) is 4.13. The Morgan fingerprint density at radius 3 is 2.39 bits per heavy atom. The summed E-state index contributed by atoms with van der Waals surface area (Å²) in [6, 6.07) is 21.6. The first kappa shape index (κ1) is 23.2. The lowest BCUT2D eigenvalue weighted by Crippen LogP contribution is -2.15. The molecule has 0 aliphatic carbocycles. The first-order valence-corrected chi connectivity index (χ1v) is 11.9. The van der Waals surface area contributed by atoms with Gasteiger partial charge < -0.3 is 11.1 Å². The fourth-order valence-corrected chi connectivity index (χ4v) is 4.13. The quantitative estimate of drug-likeness (QED) is 0.302. The molecule has 2 heterocycles. The van der Waals surface area contributed by atoms with Gasteiger partial charge in [0, 0.05) is 5.69 Å². The van der Waals surface area contributed by atoms with Crippen molar-refractivity contribution in [3.05, 3.63) is 94.5 Å². The second-order valence-electron chi connectivity index (χ2n) is 9.30. The van der Waals surface area contributed by atoms with E-state index < -0.39 is 0 Å². The molecule has 180 valence electrons. The van der Waals surface area contributed by atoms with Crippen LogP contribution in [0.4, 0.5) is 11.5 Å². The summed E-state index contributed by atoms with van der Waals surface area (Å²) in [6.45, 7) is 8.24. The number of fused-ring (bicyclic) bond motifs is 2. The maximum Gasteiger partial charge on any atom is 0.261 e. The number of para-hydroxylation sites is 2. The van der Waals surface area contributed by atoms with E-state index in [-0.39, 0.29) is 17.3 Å². The molecule has 7 heteroatoms. The van der Waals surface area contributed by atoms with Crippen LogP contribution >= 0.6 is 0 Å². The topological polar surface area (TPSA) is 98.2 Å². The van der Waals surface area contributed by atoms with Gasteiger partial charge in [-0.2, -0.15) is 9.78 Å². The summed E-state index contributed by atoms with van der Waals surface area (Å²) in [6.07, 6.45) is 1.71. The summed E-state index contributed by atoms with van der Waals surface area (Å²) >= 11 is 0. The number of hydrogen-bond donors (Lipinski definition) is 2. The normalized spacial score (nSPS) is 11.7. The van der Waals surface area contributed by atoms with Crippen LogP contribution in [-0.2, 0) is 0 Å². The van der Waals surface area contributed by atoms with Crippen LogP contribution in [0.1, 0.15) is 52.4 Å². The fraction of sp³-hybridized carbons (Fsp3) is 0.172. The molecule has 0 saturated heterocycles. The van der Waals surface area contributed by atoms with Crippen molar-refractivity contribution >= 4 is 45.8 Å². The molecule has 3 aromatic carbocycles. The van der Waals surface area contributed by atoms with Gasteiger partial charge in [0.2, 0.25) is 0 Å². The van der Waals surface area contributed by atoms with Gasteiger partial charge in [-0.15, -0.1) is 0 Å². The zero-order chi connectivity index (χ0) is 25.4. The van der Waals surface area contributed by atoms with Gasteiger partial charge in [0.1, 0.15) is 16.9 Å². The summed E-state index contributed by atoms with van der Waals surface area (Å²) in [7, 11) is 0. The average Bonchev–Trinajstić information content (AvgIpc) is 3.13. The molecule has 5 aromatic rings. The van der Waals surface area contributed by atoms with Crippen LogP contribution in [0.3, 0.4) is 0 Å². The smallest absolute Gasteiger partial charge is 0.261 e. The minimum atomic E-state index is -0.356. The van der Waals surface area contributed by atoms with Crippen molar-refractivity contribution in [3.63, 3.8) is 0 Å². The zero-order valence-corrected chi connectivity index (χ0v) is 20.8. The maximum absolute atomic E-state index is 13.5. The van der Waals surface area contributed by atoms with E-state index in [1.54, 1.807) is 6.21 Å². The van der Waals surface area contributed by atoms with E-state index >= 15 is 0 Å².